The van der Waals surface area contributed by atoms with Gasteiger partial charge < -0.3 is 15.0 Å². The van der Waals surface area contributed by atoms with Crippen molar-refractivity contribution in [1.29, 1.82) is 0 Å². The first kappa shape index (κ1) is 21.4. The molecule has 2 aromatic rings. The van der Waals surface area contributed by atoms with E-state index >= 15 is 0 Å². The number of carbonyl (C=O) groups is 2. The summed E-state index contributed by atoms with van der Waals surface area (Å²) in [6.45, 7) is 7.09. The smallest absolute Gasteiger partial charge is 0.230 e. The number of nitrogens with zero attached hydrogens (tertiary/aromatic N) is 5. The Bertz CT molecular complexity index is 945. The number of rotatable bonds is 7. The molecule has 2 aliphatic rings. The maximum absolute atomic E-state index is 13.2. The van der Waals surface area contributed by atoms with Gasteiger partial charge in [0.25, 0.3) is 0 Å². The Hall–Kier alpha value is -2.81. The zero-order valence-corrected chi connectivity index (χ0v) is 18.5. The number of anilines is 1. The molecule has 0 bridgehead atoms. The van der Waals surface area contributed by atoms with Crippen molar-refractivity contribution in [2.75, 3.05) is 19.0 Å². The molecule has 0 spiro atoms. The first-order valence-corrected chi connectivity index (χ1v) is 10.7. The van der Waals surface area contributed by atoms with Crippen LogP contribution in [0.1, 0.15) is 63.4 Å². The van der Waals surface area contributed by atoms with Gasteiger partial charge in [0.1, 0.15) is 5.82 Å². The van der Waals surface area contributed by atoms with Crippen LogP contribution >= 0.6 is 0 Å². The molecule has 0 radical (unpaired) electrons. The second-order valence-electron chi connectivity index (χ2n) is 9.31. The van der Waals surface area contributed by atoms with E-state index in [0.717, 1.165) is 24.2 Å². The maximum Gasteiger partial charge on any atom is 0.230 e. The van der Waals surface area contributed by atoms with Crippen LogP contribution < -0.4 is 5.32 Å². The monoisotopic (exact) mass is 426 g/mol. The molecule has 1 N–H and O–H groups in total. The van der Waals surface area contributed by atoms with Crippen LogP contribution in [0.15, 0.2) is 24.8 Å². The Balaban J connectivity index is 1.57. The molecule has 31 heavy (non-hydrogen) atoms. The lowest BCUT2D eigenvalue weighted by Crippen LogP contribution is -2.44. The van der Waals surface area contributed by atoms with Gasteiger partial charge in [0.2, 0.25) is 11.8 Å². The number of methoxy groups -OCH3 is 1. The number of likely N-dealkylation sites (tertiary alicyclic amines) is 1. The van der Waals surface area contributed by atoms with E-state index in [9.17, 15) is 9.59 Å². The third kappa shape index (κ3) is 4.61. The highest BCUT2D eigenvalue weighted by Gasteiger charge is 2.49. The van der Waals surface area contributed by atoms with Crippen LogP contribution in [0.3, 0.4) is 0 Å². The molecule has 3 heterocycles. The Morgan fingerprint density at radius 1 is 1.23 bits per heavy atom. The zero-order chi connectivity index (χ0) is 22.2. The first-order chi connectivity index (χ1) is 14.8. The summed E-state index contributed by atoms with van der Waals surface area (Å²) in [4.78, 5) is 36.7. The zero-order valence-electron chi connectivity index (χ0n) is 18.5. The van der Waals surface area contributed by atoms with E-state index in [1.54, 1.807) is 30.4 Å². The average molecular weight is 427 g/mol. The van der Waals surface area contributed by atoms with Crippen molar-refractivity contribution >= 4 is 17.5 Å². The minimum atomic E-state index is -0.532. The molecule has 9 nitrogen and oxygen atoms in total. The summed E-state index contributed by atoms with van der Waals surface area (Å²) in [5.41, 5.74) is 0.962. The van der Waals surface area contributed by atoms with E-state index in [1.807, 2.05) is 31.9 Å². The normalized spacial score (nSPS) is 21.5. The predicted octanol–water partition coefficient (Wildman–Crippen LogP) is 2.52. The number of ether oxygens (including phenoxy) is 1. The van der Waals surface area contributed by atoms with E-state index < -0.39 is 17.5 Å². The second kappa shape index (κ2) is 8.37. The minimum Gasteiger partial charge on any atom is -0.383 e. The van der Waals surface area contributed by atoms with Crippen LogP contribution in [-0.2, 0) is 20.9 Å². The summed E-state index contributed by atoms with van der Waals surface area (Å²) in [6.07, 6.45) is 9.33. The molecule has 2 atom stereocenters. The molecule has 1 aliphatic heterocycles. The predicted molar refractivity (Wildman–Crippen MR) is 114 cm³/mol. The molecule has 166 valence electrons. The lowest BCUT2D eigenvalue weighted by atomic mass is 9.92. The number of aromatic nitrogens is 4. The van der Waals surface area contributed by atoms with Crippen LogP contribution in [0.4, 0.5) is 5.69 Å². The molecule has 1 saturated carbocycles. The standard InChI is InChI=1S/C22H30N6O3/c1-22(2,3)28-18(29)9-17(19(28)15-10-25-27(13-15)7-8-31-4)21(30)26-16-11-23-20(24-12-16)14-5-6-14/h10-14,17,19H,5-9H2,1-4H3,(H,26,30)/t17-,19-/m1/s1. The lowest BCUT2D eigenvalue weighted by Gasteiger charge is -2.38. The average Bonchev–Trinajstić information content (AvgIpc) is 3.35. The molecule has 0 unspecified atom stereocenters. The van der Waals surface area contributed by atoms with Gasteiger partial charge in [0.05, 0.1) is 49.4 Å². The Morgan fingerprint density at radius 3 is 2.55 bits per heavy atom. The van der Waals surface area contributed by atoms with E-state index in [2.05, 4.69) is 20.4 Å². The fourth-order valence-corrected chi connectivity index (χ4v) is 4.17. The molecule has 2 amide bonds. The highest BCUT2D eigenvalue weighted by Crippen LogP contribution is 2.43. The number of nitrogens with one attached hydrogen (secondary N) is 1. The molecule has 9 heteroatoms. The summed E-state index contributed by atoms with van der Waals surface area (Å²) in [5.74, 6) is 0.501. The van der Waals surface area contributed by atoms with E-state index in [1.165, 1.54) is 0 Å². The van der Waals surface area contributed by atoms with Crippen molar-refractivity contribution in [3.63, 3.8) is 0 Å². The summed E-state index contributed by atoms with van der Waals surface area (Å²) in [7, 11) is 1.64. The van der Waals surface area contributed by atoms with Gasteiger partial charge in [-0.3, -0.25) is 14.3 Å². The topological polar surface area (TPSA) is 102 Å². The van der Waals surface area contributed by atoms with Crippen LogP contribution in [-0.4, -0.2) is 55.7 Å². The van der Waals surface area contributed by atoms with Gasteiger partial charge in [-0.2, -0.15) is 5.10 Å². The van der Waals surface area contributed by atoms with Crippen LogP contribution in [0.5, 0.6) is 0 Å². The second-order valence-corrected chi connectivity index (χ2v) is 9.31. The molecule has 2 fully saturated rings. The number of amides is 2. The first-order valence-electron chi connectivity index (χ1n) is 10.7. The Kier molecular flexibility index (Phi) is 5.79. The van der Waals surface area contributed by atoms with Crippen molar-refractivity contribution in [3.8, 4) is 0 Å². The van der Waals surface area contributed by atoms with Gasteiger partial charge in [-0.25, -0.2) is 9.97 Å². The molecule has 0 aromatic carbocycles. The fraction of sp³-hybridized carbons (Fsp3) is 0.591. The SMILES string of the molecule is COCCn1cc([C@@H]2[C@H](C(=O)Nc3cnc(C4CC4)nc3)CC(=O)N2C(C)(C)C)cn1. The van der Waals surface area contributed by atoms with Crippen LogP contribution in [0, 0.1) is 5.92 Å². The third-order valence-electron chi connectivity index (χ3n) is 5.78. The van der Waals surface area contributed by atoms with Crippen molar-refractivity contribution < 1.29 is 14.3 Å². The Labute approximate surface area is 182 Å². The van der Waals surface area contributed by atoms with Gasteiger partial charge in [0, 0.05) is 36.7 Å². The van der Waals surface area contributed by atoms with Gasteiger partial charge in [0.15, 0.2) is 0 Å². The van der Waals surface area contributed by atoms with E-state index in [-0.39, 0.29) is 18.2 Å². The molecule has 1 saturated heterocycles. The minimum absolute atomic E-state index is 0.0392. The Morgan fingerprint density at radius 2 is 1.94 bits per heavy atom. The molecule has 4 rings (SSSR count). The van der Waals surface area contributed by atoms with Gasteiger partial charge in [-0.1, -0.05) is 0 Å². The van der Waals surface area contributed by atoms with Gasteiger partial charge >= 0.3 is 0 Å². The van der Waals surface area contributed by atoms with Crippen molar-refractivity contribution in [1.82, 2.24) is 24.6 Å². The highest BCUT2D eigenvalue weighted by molar-refractivity contribution is 5.98. The van der Waals surface area contributed by atoms with Crippen LogP contribution in [0.25, 0.3) is 0 Å². The highest BCUT2D eigenvalue weighted by atomic mass is 16.5. The van der Waals surface area contributed by atoms with Crippen LogP contribution in [0.2, 0.25) is 0 Å². The van der Waals surface area contributed by atoms with E-state index in [0.29, 0.717) is 24.8 Å². The van der Waals surface area contributed by atoms with Crippen molar-refractivity contribution in [2.24, 2.45) is 5.92 Å². The maximum atomic E-state index is 13.2. The summed E-state index contributed by atoms with van der Waals surface area (Å²) in [5, 5.41) is 7.31. The lowest BCUT2D eigenvalue weighted by molar-refractivity contribution is -0.133. The summed E-state index contributed by atoms with van der Waals surface area (Å²) < 4.78 is 6.90. The summed E-state index contributed by atoms with van der Waals surface area (Å²) >= 11 is 0. The van der Waals surface area contributed by atoms with Gasteiger partial charge in [-0.05, 0) is 33.6 Å². The number of hydrogen-bond donors (Lipinski definition) is 1. The van der Waals surface area contributed by atoms with E-state index in [4.69, 9.17) is 4.74 Å². The fourth-order valence-electron chi connectivity index (χ4n) is 4.17. The molecule has 1 aliphatic carbocycles. The molecular weight excluding hydrogens is 396 g/mol. The van der Waals surface area contributed by atoms with Crippen molar-refractivity contribution in [3.05, 3.63) is 36.2 Å². The number of carbonyl (C=O) groups excluding carboxylic acids is 2. The largest absolute Gasteiger partial charge is 0.383 e. The molecular formula is C22H30N6O3. The quantitative estimate of drug-likeness (QED) is 0.730. The third-order valence-corrected chi connectivity index (χ3v) is 5.78. The number of hydrogen-bond acceptors (Lipinski definition) is 6. The van der Waals surface area contributed by atoms with Gasteiger partial charge in [-0.15, -0.1) is 0 Å². The molecule has 2 aromatic heterocycles. The summed E-state index contributed by atoms with van der Waals surface area (Å²) in [6, 6.07) is -0.393. The van der Waals surface area contributed by atoms with Crippen molar-refractivity contribution in [2.45, 2.75) is 64.1 Å².